The number of hydrogen-bond acceptors (Lipinski definition) is 7. The van der Waals surface area contributed by atoms with Crippen molar-refractivity contribution < 1.29 is 27.5 Å². The van der Waals surface area contributed by atoms with Crippen LogP contribution in [0.4, 0.5) is 0 Å². The first-order valence-electron chi connectivity index (χ1n) is 16.3. The molecule has 2 amide bonds. The van der Waals surface area contributed by atoms with Crippen LogP contribution in [0.3, 0.4) is 0 Å². The second kappa shape index (κ2) is 13.2. The molecule has 2 aliphatic heterocycles. The zero-order chi connectivity index (χ0) is 32.5. The molecule has 1 aromatic heterocycles. The summed E-state index contributed by atoms with van der Waals surface area (Å²) in [6.45, 7) is 6.36. The van der Waals surface area contributed by atoms with Gasteiger partial charge in [0, 0.05) is 38.9 Å². The predicted molar refractivity (Wildman–Crippen MR) is 172 cm³/mol. The molecular formula is C33H47N5O6S. The number of carbonyl (C=O) groups is 3. The molecule has 0 radical (unpaired) electrons. The van der Waals surface area contributed by atoms with Gasteiger partial charge in [-0.2, -0.15) is 17.7 Å². The van der Waals surface area contributed by atoms with Crippen LogP contribution in [0.25, 0.3) is 11.0 Å². The normalized spacial score (nSPS) is 29.4. The van der Waals surface area contributed by atoms with Gasteiger partial charge in [0.25, 0.3) is 6.01 Å². The fourth-order valence-corrected chi connectivity index (χ4v) is 7.34. The van der Waals surface area contributed by atoms with Gasteiger partial charge < -0.3 is 9.64 Å². The molecule has 3 aliphatic rings. The van der Waals surface area contributed by atoms with Crippen molar-refractivity contribution in [2.45, 2.75) is 96.7 Å². The van der Waals surface area contributed by atoms with E-state index in [0.29, 0.717) is 12.4 Å². The molecule has 1 unspecified atom stereocenters. The number of amides is 2. The van der Waals surface area contributed by atoms with E-state index in [-0.39, 0.29) is 49.0 Å². The highest BCUT2D eigenvalue weighted by atomic mass is 32.2. The van der Waals surface area contributed by atoms with Gasteiger partial charge in [0.2, 0.25) is 11.8 Å². The Balaban J connectivity index is 1.44. The van der Waals surface area contributed by atoms with E-state index < -0.39 is 33.7 Å². The van der Waals surface area contributed by atoms with Crippen molar-refractivity contribution in [3.8, 4) is 6.01 Å². The Morgan fingerprint density at radius 3 is 2.69 bits per heavy atom. The third-order valence-electron chi connectivity index (χ3n) is 9.86. The van der Waals surface area contributed by atoms with Crippen molar-refractivity contribution in [3.63, 3.8) is 0 Å². The first kappa shape index (κ1) is 33.1. The minimum absolute atomic E-state index is 0.0936. The number of benzene rings is 1. The smallest absolute Gasteiger partial charge is 0.303 e. The third kappa shape index (κ3) is 6.82. The Bertz CT molecular complexity index is 1570. The first-order chi connectivity index (χ1) is 21.4. The number of nitrogens with one attached hydrogen (secondary N) is 1. The molecule has 2 aromatic rings. The fraction of sp³-hybridized carbons (Fsp3) is 0.636. The van der Waals surface area contributed by atoms with E-state index >= 15 is 0 Å². The molecule has 1 saturated heterocycles. The molecule has 1 aliphatic carbocycles. The van der Waals surface area contributed by atoms with Crippen molar-refractivity contribution >= 4 is 38.8 Å². The molecule has 1 aromatic carbocycles. The minimum atomic E-state index is -4.04. The lowest BCUT2D eigenvalue weighted by atomic mass is 9.91. The summed E-state index contributed by atoms with van der Waals surface area (Å²) in [6.07, 6.45) is 9.28. The molecule has 0 bridgehead atoms. The van der Waals surface area contributed by atoms with Crippen LogP contribution in [0, 0.1) is 17.3 Å². The quantitative estimate of drug-likeness (QED) is 0.444. The number of ether oxygens (including phenoxy) is 1. The highest BCUT2D eigenvalue weighted by Crippen LogP contribution is 2.57. The van der Waals surface area contributed by atoms with Crippen LogP contribution in [-0.2, 0) is 24.6 Å². The number of carbonyl (C=O) groups excluding carboxylic acids is 3. The number of Topliss-reactive ketones (excluding diaryl/α,β-unsaturated/α-hetero) is 1. The molecule has 2 fully saturated rings. The van der Waals surface area contributed by atoms with Crippen LogP contribution in [0.1, 0.15) is 84.6 Å². The van der Waals surface area contributed by atoms with Crippen LogP contribution in [0.5, 0.6) is 6.01 Å². The van der Waals surface area contributed by atoms with Crippen LogP contribution >= 0.6 is 0 Å². The SMILES string of the molecule is CCC(C)n1c(O[C@@H]2C[C@H]3C(=O)C[C@]4(C(=O)NS(=O)(=O)N(C)C)C[C@@H]4/C=C\CCCCC[C@H](C)C(=O)N3C2)nc2ccccc21. The van der Waals surface area contributed by atoms with Crippen molar-refractivity contribution in [1.82, 2.24) is 23.5 Å². The second-order valence-corrected chi connectivity index (χ2v) is 15.2. The molecule has 12 heteroatoms. The number of allylic oxidation sites excluding steroid dienone is 2. The Morgan fingerprint density at radius 1 is 1.20 bits per heavy atom. The maximum atomic E-state index is 14.2. The lowest BCUT2D eigenvalue weighted by Crippen LogP contribution is -2.47. The molecule has 246 valence electrons. The Hall–Kier alpha value is -3.25. The topological polar surface area (TPSA) is 131 Å². The van der Waals surface area contributed by atoms with E-state index in [1.54, 1.807) is 4.90 Å². The van der Waals surface area contributed by atoms with Gasteiger partial charge in [-0.05, 0) is 57.1 Å². The Labute approximate surface area is 266 Å². The van der Waals surface area contributed by atoms with Crippen LogP contribution in [0.2, 0.25) is 0 Å². The molecule has 3 heterocycles. The summed E-state index contributed by atoms with van der Waals surface area (Å²) in [5.74, 6) is -1.54. The van der Waals surface area contributed by atoms with Crippen molar-refractivity contribution in [1.29, 1.82) is 0 Å². The summed E-state index contributed by atoms with van der Waals surface area (Å²) in [5.41, 5.74) is 0.597. The number of aromatic nitrogens is 2. The van der Waals surface area contributed by atoms with Gasteiger partial charge in [0.05, 0.1) is 29.0 Å². The number of nitrogens with zero attached hydrogens (tertiary/aromatic N) is 4. The number of para-hydroxylation sites is 2. The number of fused-ring (bicyclic) bond motifs is 3. The third-order valence-corrected chi connectivity index (χ3v) is 11.3. The number of imidazole rings is 1. The molecular weight excluding hydrogens is 594 g/mol. The second-order valence-electron chi connectivity index (χ2n) is 13.3. The summed E-state index contributed by atoms with van der Waals surface area (Å²) in [4.78, 5) is 48.0. The van der Waals surface area contributed by atoms with Gasteiger partial charge in [-0.3, -0.25) is 19.0 Å². The van der Waals surface area contributed by atoms with E-state index in [0.717, 1.165) is 53.9 Å². The lowest BCUT2D eigenvalue weighted by Gasteiger charge is -2.28. The number of rotatable bonds is 7. The van der Waals surface area contributed by atoms with Crippen molar-refractivity contribution in [2.75, 3.05) is 20.6 Å². The Kier molecular flexibility index (Phi) is 9.74. The van der Waals surface area contributed by atoms with E-state index in [4.69, 9.17) is 9.72 Å². The number of hydrogen-bond donors (Lipinski definition) is 1. The molecule has 1 saturated carbocycles. The van der Waals surface area contributed by atoms with Gasteiger partial charge in [0.15, 0.2) is 5.78 Å². The van der Waals surface area contributed by atoms with Crippen LogP contribution < -0.4 is 9.46 Å². The fourth-order valence-electron chi connectivity index (χ4n) is 6.72. The lowest BCUT2D eigenvalue weighted by molar-refractivity contribution is -0.141. The van der Waals surface area contributed by atoms with Gasteiger partial charge in [-0.25, -0.2) is 4.72 Å². The average Bonchev–Trinajstić information content (AvgIpc) is 3.34. The summed E-state index contributed by atoms with van der Waals surface area (Å²) < 4.78 is 36.9. The average molecular weight is 642 g/mol. The highest BCUT2D eigenvalue weighted by Gasteiger charge is 2.61. The first-order valence-corrected chi connectivity index (χ1v) is 17.7. The van der Waals surface area contributed by atoms with E-state index in [1.165, 1.54) is 14.1 Å². The van der Waals surface area contributed by atoms with Crippen molar-refractivity contribution in [3.05, 3.63) is 36.4 Å². The maximum Gasteiger partial charge on any atom is 0.303 e. The van der Waals surface area contributed by atoms with E-state index in [1.807, 2.05) is 43.3 Å². The van der Waals surface area contributed by atoms with Crippen LogP contribution in [0.15, 0.2) is 36.4 Å². The standard InChI is InChI=1S/C33H47N5O6S/c1-6-23(3)38-27-17-13-12-16-26(27)34-32(38)44-25-18-28-29(39)20-33(31(41)35-45(42,43)36(4)5)19-24(33)15-11-9-7-8-10-14-22(2)30(40)37(28)21-25/h11-13,15-17,22-25,28H,6-10,14,18-21H2,1-5H3,(H,35,41)/b15-11-/t22-,23?,24-,25+,28-,33+/m0/s1. The molecule has 5 rings (SSSR count). The molecule has 11 nitrogen and oxygen atoms in total. The van der Waals surface area contributed by atoms with Gasteiger partial charge >= 0.3 is 10.2 Å². The summed E-state index contributed by atoms with van der Waals surface area (Å²) in [7, 11) is -1.35. The summed E-state index contributed by atoms with van der Waals surface area (Å²) in [6, 6.07) is 7.65. The molecule has 6 atom stereocenters. The summed E-state index contributed by atoms with van der Waals surface area (Å²) >= 11 is 0. The van der Waals surface area contributed by atoms with Crippen molar-refractivity contribution in [2.24, 2.45) is 17.3 Å². The van der Waals surface area contributed by atoms with Gasteiger partial charge in [-0.15, -0.1) is 0 Å². The summed E-state index contributed by atoms with van der Waals surface area (Å²) in [5, 5.41) is 0. The molecule has 1 N–H and O–H groups in total. The minimum Gasteiger partial charge on any atom is -0.459 e. The highest BCUT2D eigenvalue weighted by molar-refractivity contribution is 7.87. The van der Waals surface area contributed by atoms with Gasteiger partial charge in [0.1, 0.15) is 6.10 Å². The number of ketones is 1. The van der Waals surface area contributed by atoms with Crippen LogP contribution in [-0.4, -0.2) is 77.6 Å². The van der Waals surface area contributed by atoms with E-state index in [9.17, 15) is 22.8 Å². The monoisotopic (exact) mass is 641 g/mol. The molecule has 45 heavy (non-hydrogen) atoms. The molecule has 0 spiro atoms. The predicted octanol–water partition coefficient (Wildman–Crippen LogP) is 4.40. The van der Waals surface area contributed by atoms with Gasteiger partial charge in [-0.1, -0.05) is 51.0 Å². The Morgan fingerprint density at radius 2 is 1.96 bits per heavy atom. The van der Waals surface area contributed by atoms with E-state index in [2.05, 4.69) is 23.1 Å². The maximum absolute atomic E-state index is 14.2. The zero-order valence-corrected chi connectivity index (χ0v) is 27.9. The zero-order valence-electron chi connectivity index (χ0n) is 27.1. The largest absolute Gasteiger partial charge is 0.459 e.